The molecule has 0 aromatic rings. The minimum Gasteiger partial charge on any atom is -0.478 e. The number of carbonyl (C=O) groups is 2. The Balaban J connectivity index is 3.43. The number of Topliss-reactive ketones (excluding diaryl/α,β-unsaturated/α-hetero) is 1. The molecule has 12 heavy (non-hydrogen) atoms. The lowest BCUT2D eigenvalue weighted by atomic mass is 10.3. The minimum absolute atomic E-state index is 0.0460. The van der Waals surface area contributed by atoms with Crippen LogP contribution in [0.4, 0.5) is 0 Å². The largest absolute Gasteiger partial charge is 0.478 e. The van der Waals surface area contributed by atoms with Crippen molar-refractivity contribution in [1.29, 1.82) is 0 Å². The summed E-state index contributed by atoms with van der Waals surface area (Å²) in [6.07, 6.45) is 2.16. The van der Waals surface area contributed by atoms with E-state index in [1.807, 2.05) is 0 Å². The molecule has 5 nitrogen and oxygen atoms in total. The van der Waals surface area contributed by atoms with Crippen LogP contribution in [-0.2, 0) is 9.59 Å². The molecule has 0 aromatic heterocycles. The van der Waals surface area contributed by atoms with Crippen LogP contribution in [0.3, 0.4) is 0 Å². The van der Waals surface area contributed by atoms with Gasteiger partial charge >= 0.3 is 5.97 Å². The number of hydrogen-bond acceptors (Lipinski definition) is 4. The smallest absolute Gasteiger partial charge is 0.329 e. The summed E-state index contributed by atoms with van der Waals surface area (Å²) in [5.74, 6) is -1.23. The van der Waals surface area contributed by atoms with Gasteiger partial charge in [-0.25, -0.2) is 4.79 Å². The third-order valence-corrected chi connectivity index (χ3v) is 1.03. The summed E-state index contributed by atoms with van der Waals surface area (Å²) in [4.78, 5) is 20.6. The Morgan fingerprint density at radius 2 is 2.08 bits per heavy atom. The van der Waals surface area contributed by atoms with E-state index in [1.165, 1.54) is 6.20 Å². The monoisotopic (exact) mass is 173 g/mol. The van der Waals surface area contributed by atoms with Gasteiger partial charge in [-0.2, -0.15) is 0 Å². The number of ketones is 1. The van der Waals surface area contributed by atoms with E-state index in [2.05, 4.69) is 5.32 Å². The molecule has 0 aliphatic carbocycles. The summed E-state index contributed by atoms with van der Waals surface area (Å²) >= 11 is 0. The second-order valence-corrected chi connectivity index (χ2v) is 2.06. The van der Waals surface area contributed by atoms with E-state index in [0.717, 1.165) is 6.08 Å². The highest BCUT2D eigenvalue weighted by molar-refractivity contribution is 5.81. The Bertz CT molecular complexity index is 188. The molecule has 0 spiro atoms. The van der Waals surface area contributed by atoms with Crippen molar-refractivity contribution in [3.05, 3.63) is 12.3 Å². The topological polar surface area (TPSA) is 86.6 Å². The predicted octanol–water partition coefficient (Wildman–Crippen LogP) is -0.874. The Labute approximate surface area is 69.7 Å². The maximum Gasteiger partial charge on any atom is 0.329 e. The SMILES string of the molecule is O=C(O)/C=C/NCC(=O)CCO. The first kappa shape index (κ1) is 10.6. The summed E-state index contributed by atoms with van der Waals surface area (Å²) in [5, 5.41) is 18.9. The third kappa shape index (κ3) is 6.76. The van der Waals surface area contributed by atoms with E-state index in [1.54, 1.807) is 0 Å². The van der Waals surface area contributed by atoms with Gasteiger partial charge in [-0.3, -0.25) is 4.79 Å². The standard InChI is InChI=1S/C7H11NO4/c9-4-2-6(10)5-8-3-1-7(11)12/h1,3,8-9H,2,4-5H2,(H,11,12)/b3-1+. The molecular formula is C7H11NO4. The first-order valence-electron chi connectivity index (χ1n) is 3.42. The van der Waals surface area contributed by atoms with Crippen molar-refractivity contribution >= 4 is 11.8 Å². The van der Waals surface area contributed by atoms with Gasteiger partial charge in [-0.15, -0.1) is 0 Å². The molecule has 0 amide bonds. The Kier molecular flexibility index (Phi) is 5.64. The van der Waals surface area contributed by atoms with Crippen LogP contribution in [0.25, 0.3) is 0 Å². The van der Waals surface area contributed by atoms with E-state index in [4.69, 9.17) is 10.2 Å². The number of aliphatic carboxylic acids is 1. The van der Waals surface area contributed by atoms with Gasteiger partial charge in [0.15, 0.2) is 5.78 Å². The van der Waals surface area contributed by atoms with E-state index >= 15 is 0 Å². The molecule has 5 heteroatoms. The van der Waals surface area contributed by atoms with Crippen LogP contribution in [0, 0.1) is 0 Å². The fraction of sp³-hybridized carbons (Fsp3) is 0.429. The highest BCUT2D eigenvalue weighted by atomic mass is 16.4. The van der Waals surface area contributed by atoms with Crippen molar-refractivity contribution in [3.63, 3.8) is 0 Å². The zero-order valence-corrected chi connectivity index (χ0v) is 6.49. The van der Waals surface area contributed by atoms with Gasteiger partial charge in [-0.05, 0) is 0 Å². The van der Waals surface area contributed by atoms with E-state index in [-0.39, 0.29) is 25.4 Å². The first-order chi connectivity index (χ1) is 5.66. The molecule has 0 fully saturated rings. The molecule has 0 saturated carbocycles. The number of aliphatic hydroxyl groups is 1. The second-order valence-electron chi connectivity index (χ2n) is 2.06. The first-order valence-corrected chi connectivity index (χ1v) is 3.42. The van der Waals surface area contributed by atoms with Gasteiger partial charge in [0, 0.05) is 18.7 Å². The van der Waals surface area contributed by atoms with Gasteiger partial charge in [0.05, 0.1) is 13.2 Å². The maximum atomic E-state index is 10.7. The molecule has 0 heterocycles. The highest BCUT2D eigenvalue weighted by Crippen LogP contribution is 1.78. The number of carboxylic acids is 1. The molecule has 0 rings (SSSR count). The van der Waals surface area contributed by atoms with Crippen molar-refractivity contribution in [3.8, 4) is 0 Å². The van der Waals surface area contributed by atoms with Gasteiger partial charge in [-0.1, -0.05) is 0 Å². The number of aliphatic hydroxyl groups excluding tert-OH is 1. The lowest BCUT2D eigenvalue weighted by Crippen LogP contribution is -2.18. The van der Waals surface area contributed by atoms with Crippen LogP contribution in [0.15, 0.2) is 12.3 Å². The fourth-order valence-electron chi connectivity index (χ4n) is 0.516. The summed E-state index contributed by atoms with van der Waals surface area (Å²) in [6, 6.07) is 0. The maximum absolute atomic E-state index is 10.7. The number of carboxylic acid groups (broad SMARTS) is 1. The molecule has 0 radical (unpaired) electrons. The second kappa shape index (κ2) is 6.36. The molecular weight excluding hydrogens is 162 g/mol. The van der Waals surface area contributed by atoms with Crippen LogP contribution in [-0.4, -0.2) is 35.1 Å². The normalized spacial score (nSPS) is 10.1. The van der Waals surface area contributed by atoms with Crippen molar-refractivity contribution in [2.45, 2.75) is 6.42 Å². The fourth-order valence-corrected chi connectivity index (χ4v) is 0.516. The average Bonchev–Trinajstić information content (AvgIpc) is 1.98. The van der Waals surface area contributed by atoms with Gasteiger partial charge in [0.25, 0.3) is 0 Å². The summed E-state index contributed by atoms with van der Waals surface area (Å²) in [6.45, 7) is -0.131. The van der Waals surface area contributed by atoms with Gasteiger partial charge in [0.1, 0.15) is 0 Å². The minimum atomic E-state index is -1.07. The van der Waals surface area contributed by atoms with E-state index < -0.39 is 5.97 Å². The number of nitrogens with one attached hydrogen (secondary N) is 1. The van der Waals surface area contributed by atoms with Crippen LogP contribution >= 0.6 is 0 Å². The molecule has 0 aliphatic heterocycles. The molecule has 3 N–H and O–H groups in total. The summed E-state index contributed by atoms with van der Waals surface area (Å²) in [5.41, 5.74) is 0. The van der Waals surface area contributed by atoms with Crippen molar-refractivity contribution in [1.82, 2.24) is 5.32 Å². The number of rotatable bonds is 6. The highest BCUT2D eigenvalue weighted by Gasteiger charge is 1.96. The lowest BCUT2D eigenvalue weighted by molar-refractivity contribution is -0.131. The number of carbonyl (C=O) groups excluding carboxylic acids is 1. The lowest BCUT2D eigenvalue weighted by Gasteiger charge is -1.96. The molecule has 0 atom stereocenters. The average molecular weight is 173 g/mol. The van der Waals surface area contributed by atoms with Crippen LogP contribution in [0.5, 0.6) is 0 Å². The third-order valence-electron chi connectivity index (χ3n) is 1.03. The Morgan fingerprint density at radius 3 is 2.58 bits per heavy atom. The molecule has 0 saturated heterocycles. The Hall–Kier alpha value is -1.36. The predicted molar refractivity (Wildman–Crippen MR) is 41.5 cm³/mol. The zero-order valence-electron chi connectivity index (χ0n) is 6.49. The summed E-state index contributed by atoms with van der Waals surface area (Å²) < 4.78 is 0. The van der Waals surface area contributed by atoms with Crippen LogP contribution in [0.2, 0.25) is 0 Å². The van der Waals surface area contributed by atoms with Gasteiger partial charge in [0.2, 0.25) is 0 Å². The molecule has 0 unspecified atom stereocenters. The quantitative estimate of drug-likeness (QED) is 0.454. The van der Waals surface area contributed by atoms with Gasteiger partial charge < -0.3 is 15.5 Å². The molecule has 68 valence electrons. The molecule has 0 aliphatic rings. The van der Waals surface area contributed by atoms with Crippen molar-refractivity contribution in [2.24, 2.45) is 0 Å². The van der Waals surface area contributed by atoms with Crippen LogP contribution < -0.4 is 5.32 Å². The van der Waals surface area contributed by atoms with E-state index in [0.29, 0.717) is 0 Å². The number of hydrogen-bond donors (Lipinski definition) is 3. The Morgan fingerprint density at radius 1 is 1.42 bits per heavy atom. The van der Waals surface area contributed by atoms with E-state index in [9.17, 15) is 9.59 Å². The molecule has 0 aromatic carbocycles. The van der Waals surface area contributed by atoms with Crippen molar-refractivity contribution < 1.29 is 19.8 Å². The van der Waals surface area contributed by atoms with Crippen LogP contribution in [0.1, 0.15) is 6.42 Å². The molecule has 0 bridgehead atoms. The van der Waals surface area contributed by atoms with Crippen molar-refractivity contribution in [2.75, 3.05) is 13.2 Å². The summed E-state index contributed by atoms with van der Waals surface area (Å²) in [7, 11) is 0. The zero-order chi connectivity index (χ0) is 9.40.